The lowest BCUT2D eigenvalue weighted by atomic mass is 9.99. The predicted molar refractivity (Wildman–Crippen MR) is 67.6 cm³/mol. The standard InChI is InChI=1S/C13H15F2NO5/c1-6(17)16-3-2-11(18)12(19)7-4-8(13(20)21)10(15)5-9(7)14/h4-5,11-12,18-19H,2-3H2,1H3,(H,16,17)(H,20,21). The highest BCUT2D eigenvalue weighted by atomic mass is 19.1. The van der Waals surface area contributed by atoms with Crippen molar-refractivity contribution < 1.29 is 33.7 Å². The molecule has 1 rings (SSSR count). The Morgan fingerprint density at radius 2 is 1.86 bits per heavy atom. The third-order valence-corrected chi connectivity index (χ3v) is 2.81. The van der Waals surface area contributed by atoms with Gasteiger partial charge in [-0.2, -0.15) is 0 Å². The van der Waals surface area contributed by atoms with Crippen LogP contribution in [0.3, 0.4) is 0 Å². The van der Waals surface area contributed by atoms with Crippen molar-refractivity contribution in [3.63, 3.8) is 0 Å². The Kier molecular flexibility index (Phi) is 5.74. The minimum atomic E-state index is -1.74. The highest BCUT2D eigenvalue weighted by Crippen LogP contribution is 2.24. The van der Waals surface area contributed by atoms with E-state index < -0.39 is 40.9 Å². The molecule has 0 radical (unpaired) electrons. The minimum Gasteiger partial charge on any atom is -0.478 e. The van der Waals surface area contributed by atoms with Crippen LogP contribution in [-0.2, 0) is 4.79 Å². The van der Waals surface area contributed by atoms with Gasteiger partial charge >= 0.3 is 5.97 Å². The molecule has 6 nitrogen and oxygen atoms in total. The van der Waals surface area contributed by atoms with Crippen molar-refractivity contribution in [2.45, 2.75) is 25.6 Å². The number of carbonyl (C=O) groups is 2. The number of aliphatic hydroxyl groups excluding tert-OH is 2. The molecule has 0 aromatic heterocycles. The van der Waals surface area contributed by atoms with Crippen LogP contribution in [-0.4, -0.2) is 39.8 Å². The van der Waals surface area contributed by atoms with Crippen molar-refractivity contribution in [3.8, 4) is 0 Å². The van der Waals surface area contributed by atoms with Crippen molar-refractivity contribution in [2.75, 3.05) is 6.54 Å². The first kappa shape index (κ1) is 17.0. The summed E-state index contributed by atoms with van der Waals surface area (Å²) in [6, 6.07) is 0.974. The minimum absolute atomic E-state index is 0.0438. The number of aliphatic hydroxyl groups is 2. The number of benzene rings is 1. The molecule has 0 aliphatic heterocycles. The Bertz CT molecular complexity index is 550. The predicted octanol–water partition coefficient (Wildman–Crippen LogP) is 0.583. The molecule has 0 saturated carbocycles. The van der Waals surface area contributed by atoms with Crippen LogP contribution in [0.5, 0.6) is 0 Å². The van der Waals surface area contributed by atoms with Crippen LogP contribution >= 0.6 is 0 Å². The molecule has 2 atom stereocenters. The summed E-state index contributed by atoms with van der Waals surface area (Å²) in [5.41, 5.74) is -1.33. The van der Waals surface area contributed by atoms with E-state index in [0.717, 1.165) is 0 Å². The second-order valence-corrected chi connectivity index (χ2v) is 4.44. The Balaban J connectivity index is 2.90. The van der Waals surface area contributed by atoms with E-state index in [1.54, 1.807) is 0 Å². The van der Waals surface area contributed by atoms with Crippen molar-refractivity contribution in [1.29, 1.82) is 0 Å². The van der Waals surface area contributed by atoms with Gasteiger partial charge in [0.2, 0.25) is 5.91 Å². The average molecular weight is 303 g/mol. The number of carboxylic acids is 1. The Morgan fingerprint density at radius 3 is 2.38 bits per heavy atom. The molecule has 0 spiro atoms. The van der Waals surface area contributed by atoms with Gasteiger partial charge in [-0.25, -0.2) is 13.6 Å². The number of aromatic carboxylic acids is 1. The molecule has 0 aliphatic rings. The van der Waals surface area contributed by atoms with Gasteiger partial charge < -0.3 is 20.6 Å². The van der Waals surface area contributed by atoms with E-state index in [2.05, 4.69) is 5.32 Å². The number of amides is 1. The molecule has 8 heteroatoms. The summed E-state index contributed by atoms with van der Waals surface area (Å²) >= 11 is 0. The van der Waals surface area contributed by atoms with Gasteiger partial charge in [0.1, 0.15) is 17.7 Å². The first-order chi connectivity index (χ1) is 9.73. The highest BCUT2D eigenvalue weighted by Gasteiger charge is 2.24. The fourth-order valence-corrected chi connectivity index (χ4v) is 1.72. The van der Waals surface area contributed by atoms with Crippen LogP contribution in [0.1, 0.15) is 35.4 Å². The van der Waals surface area contributed by atoms with E-state index in [1.165, 1.54) is 6.92 Å². The molecular weight excluding hydrogens is 288 g/mol. The lowest BCUT2D eigenvalue weighted by Crippen LogP contribution is -2.28. The molecule has 21 heavy (non-hydrogen) atoms. The van der Waals surface area contributed by atoms with Crippen LogP contribution in [0, 0.1) is 11.6 Å². The van der Waals surface area contributed by atoms with E-state index >= 15 is 0 Å². The summed E-state index contributed by atoms with van der Waals surface area (Å²) in [6.07, 6.45) is -3.27. The van der Waals surface area contributed by atoms with Crippen LogP contribution in [0.25, 0.3) is 0 Å². The van der Waals surface area contributed by atoms with Gasteiger partial charge in [-0.3, -0.25) is 4.79 Å². The monoisotopic (exact) mass is 303 g/mol. The van der Waals surface area contributed by atoms with E-state index in [9.17, 15) is 28.6 Å². The third kappa shape index (κ3) is 4.47. The summed E-state index contributed by atoms with van der Waals surface area (Å²) in [6.45, 7) is 1.31. The molecule has 1 aromatic carbocycles. The second kappa shape index (κ2) is 7.09. The Labute approximate surface area is 119 Å². The van der Waals surface area contributed by atoms with Crippen molar-refractivity contribution >= 4 is 11.9 Å². The maximum atomic E-state index is 13.6. The zero-order chi connectivity index (χ0) is 16.2. The van der Waals surface area contributed by atoms with Crippen LogP contribution < -0.4 is 5.32 Å². The first-order valence-electron chi connectivity index (χ1n) is 6.06. The molecule has 0 heterocycles. The maximum absolute atomic E-state index is 13.6. The lowest BCUT2D eigenvalue weighted by molar-refractivity contribution is -0.119. The van der Waals surface area contributed by atoms with Crippen LogP contribution in [0.4, 0.5) is 8.78 Å². The quantitative estimate of drug-likeness (QED) is 0.615. The van der Waals surface area contributed by atoms with Gasteiger partial charge in [-0.1, -0.05) is 0 Å². The number of hydrogen-bond donors (Lipinski definition) is 4. The molecule has 0 saturated heterocycles. The fraction of sp³-hybridized carbons (Fsp3) is 0.385. The number of hydrogen-bond acceptors (Lipinski definition) is 4. The zero-order valence-electron chi connectivity index (χ0n) is 11.1. The number of halogens is 2. The molecular formula is C13H15F2NO5. The van der Waals surface area contributed by atoms with Gasteiger partial charge in [-0.15, -0.1) is 0 Å². The van der Waals surface area contributed by atoms with Crippen molar-refractivity contribution in [1.82, 2.24) is 5.32 Å². The van der Waals surface area contributed by atoms with Gasteiger partial charge in [0.05, 0.1) is 11.7 Å². The topological polar surface area (TPSA) is 107 Å². The average Bonchev–Trinajstić information content (AvgIpc) is 2.37. The Morgan fingerprint density at radius 1 is 1.24 bits per heavy atom. The van der Waals surface area contributed by atoms with Crippen LogP contribution in [0.2, 0.25) is 0 Å². The smallest absolute Gasteiger partial charge is 0.338 e. The summed E-state index contributed by atoms with van der Waals surface area (Å²) in [4.78, 5) is 21.4. The summed E-state index contributed by atoms with van der Waals surface area (Å²) in [5, 5.41) is 30.6. The molecule has 4 N–H and O–H groups in total. The normalized spacial score (nSPS) is 13.6. The summed E-state index contributed by atoms with van der Waals surface area (Å²) in [7, 11) is 0. The molecule has 0 aliphatic carbocycles. The highest BCUT2D eigenvalue weighted by molar-refractivity contribution is 5.88. The summed E-state index contributed by atoms with van der Waals surface area (Å²) < 4.78 is 26.8. The maximum Gasteiger partial charge on any atom is 0.338 e. The number of rotatable bonds is 6. The fourth-order valence-electron chi connectivity index (χ4n) is 1.72. The first-order valence-corrected chi connectivity index (χ1v) is 6.06. The van der Waals surface area contributed by atoms with Crippen molar-refractivity contribution in [2.24, 2.45) is 0 Å². The van der Waals surface area contributed by atoms with Gasteiger partial charge in [0.25, 0.3) is 0 Å². The molecule has 116 valence electrons. The number of carboxylic acid groups (broad SMARTS) is 1. The largest absolute Gasteiger partial charge is 0.478 e. The van der Waals surface area contributed by atoms with Crippen LogP contribution in [0.15, 0.2) is 12.1 Å². The summed E-state index contributed by atoms with van der Waals surface area (Å²) in [5.74, 6) is -4.39. The zero-order valence-corrected chi connectivity index (χ0v) is 11.1. The van der Waals surface area contributed by atoms with Gasteiger partial charge in [0.15, 0.2) is 0 Å². The lowest BCUT2D eigenvalue weighted by Gasteiger charge is -2.19. The van der Waals surface area contributed by atoms with E-state index in [0.29, 0.717) is 12.1 Å². The number of carbonyl (C=O) groups excluding carboxylic acids is 1. The van der Waals surface area contributed by atoms with E-state index in [1.807, 2.05) is 0 Å². The third-order valence-electron chi connectivity index (χ3n) is 2.81. The number of nitrogens with one attached hydrogen (secondary N) is 1. The molecule has 1 aromatic rings. The van der Waals surface area contributed by atoms with Gasteiger partial charge in [-0.05, 0) is 12.5 Å². The van der Waals surface area contributed by atoms with Gasteiger partial charge in [0, 0.05) is 25.1 Å². The Hall–Kier alpha value is -2.06. The molecule has 2 unspecified atom stereocenters. The van der Waals surface area contributed by atoms with Crippen molar-refractivity contribution in [3.05, 3.63) is 34.9 Å². The van der Waals surface area contributed by atoms with E-state index in [4.69, 9.17) is 5.11 Å². The SMILES string of the molecule is CC(=O)NCCC(O)C(O)c1cc(C(=O)O)c(F)cc1F. The molecule has 0 fully saturated rings. The molecule has 0 bridgehead atoms. The van der Waals surface area contributed by atoms with E-state index in [-0.39, 0.29) is 18.9 Å². The second-order valence-electron chi connectivity index (χ2n) is 4.44. The molecule has 1 amide bonds.